The van der Waals surface area contributed by atoms with Gasteiger partial charge in [0.25, 0.3) is 0 Å². The van der Waals surface area contributed by atoms with Crippen LogP contribution >= 0.6 is 35.0 Å². The lowest BCUT2D eigenvalue weighted by Crippen LogP contribution is -2.02. The first kappa shape index (κ1) is 16.6. The fraction of sp³-hybridized carbons (Fsp3) is 0.357. The zero-order valence-electron chi connectivity index (χ0n) is 11.6. The number of rotatable bonds is 5. The topological polar surface area (TPSA) is 38.1 Å². The smallest absolute Gasteiger partial charge is 0.167 e. The van der Waals surface area contributed by atoms with Crippen molar-refractivity contribution in [3.05, 3.63) is 39.8 Å². The van der Waals surface area contributed by atoms with Crippen molar-refractivity contribution in [2.24, 2.45) is 0 Å². The molecule has 1 aromatic heterocycles. The lowest BCUT2D eigenvalue weighted by atomic mass is 10.2. The SMILES string of the molecule is CC(C)c1nc(CO)n(CF)c1Sc1cc(Cl)cc(Cl)c1. The van der Waals surface area contributed by atoms with Gasteiger partial charge in [0.1, 0.15) is 17.5 Å². The predicted octanol–water partition coefficient (Wildman–Crippen LogP) is 4.88. The molecule has 1 N–H and O–H groups in total. The van der Waals surface area contributed by atoms with E-state index in [1.54, 1.807) is 18.2 Å². The van der Waals surface area contributed by atoms with E-state index in [1.165, 1.54) is 16.3 Å². The van der Waals surface area contributed by atoms with Crippen LogP contribution in [0.5, 0.6) is 0 Å². The predicted molar refractivity (Wildman–Crippen MR) is 83.9 cm³/mol. The van der Waals surface area contributed by atoms with Gasteiger partial charge in [-0.3, -0.25) is 4.57 Å². The number of halogens is 3. The van der Waals surface area contributed by atoms with Crippen molar-refractivity contribution in [1.29, 1.82) is 0 Å². The van der Waals surface area contributed by atoms with Crippen molar-refractivity contribution >= 4 is 35.0 Å². The maximum absolute atomic E-state index is 13.3. The van der Waals surface area contributed by atoms with Gasteiger partial charge < -0.3 is 5.11 Å². The fourth-order valence-corrected chi connectivity index (χ4v) is 3.83. The normalized spacial score (nSPS) is 11.4. The van der Waals surface area contributed by atoms with Crippen molar-refractivity contribution in [1.82, 2.24) is 9.55 Å². The minimum absolute atomic E-state index is 0.111. The molecule has 0 spiro atoms. The number of imidazole rings is 1. The molecule has 0 aliphatic rings. The van der Waals surface area contributed by atoms with E-state index in [0.717, 1.165) is 10.6 Å². The monoisotopic (exact) mass is 348 g/mol. The van der Waals surface area contributed by atoms with Gasteiger partial charge in [-0.2, -0.15) is 0 Å². The Bertz CT molecular complexity index is 626. The number of aliphatic hydroxyl groups is 1. The Hall–Kier alpha value is -0.750. The quantitative estimate of drug-likeness (QED) is 0.836. The Morgan fingerprint density at radius 1 is 1.29 bits per heavy atom. The van der Waals surface area contributed by atoms with Gasteiger partial charge in [-0.25, -0.2) is 9.37 Å². The molecule has 1 heterocycles. The largest absolute Gasteiger partial charge is 0.388 e. The molecule has 0 amide bonds. The van der Waals surface area contributed by atoms with Crippen LogP contribution in [-0.4, -0.2) is 14.7 Å². The Labute approximate surface area is 137 Å². The maximum Gasteiger partial charge on any atom is 0.167 e. The number of benzene rings is 1. The fourth-order valence-electron chi connectivity index (χ4n) is 1.93. The van der Waals surface area contributed by atoms with Gasteiger partial charge in [0, 0.05) is 14.9 Å². The summed E-state index contributed by atoms with van der Waals surface area (Å²) in [5.74, 6) is 0.428. The van der Waals surface area contributed by atoms with Gasteiger partial charge >= 0.3 is 0 Å². The molecule has 0 saturated heterocycles. The third-order valence-electron chi connectivity index (χ3n) is 2.88. The molecule has 0 radical (unpaired) electrons. The van der Waals surface area contributed by atoms with E-state index in [2.05, 4.69) is 4.98 Å². The molecule has 1 aromatic carbocycles. The lowest BCUT2D eigenvalue weighted by Gasteiger charge is -2.10. The number of hydrogen-bond acceptors (Lipinski definition) is 3. The van der Waals surface area contributed by atoms with Crippen LogP contribution in [-0.2, 0) is 13.4 Å². The van der Waals surface area contributed by atoms with Gasteiger partial charge in [-0.1, -0.05) is 48.8 Å². The van der Waals surface area contributed by atoms with Crippen LogP contribution in [0.4, 0.5) is 4.39 Å². The average molecular weight is 349 g/mol. The second-order valence-corrected chi connectivity index (χ2v) is 6.72. The van der Waals surface area contributed by atoms with Crippen LogP contribution in [0.25, 0.3) is 0 Å². The standard InChI is InChI=1S/C14H15Cl2FN2OS/c1-8(2)13-14(19(7-17)12(6-20)18-13)21-11-4-9(15)3-10(16)5-11/h3-5,8,20H,6-7H2,1-2H3. The first-order chi connectivity index (χ1) is 9.96. The van der Waals surface area contributed by atoms with Gasteiger partial charge in [0.2, 0.25) is 0 Å². The summed E-state index contributed by atoms with van der Waals surface area (Å²) in [4.78, 5) is 5.13. The summed E-state index contributed by atoms with van der Waals surface area (Å²) in [6.07, 6.45) is 0. The number of nitrogens with zero attached hydrogens (tertiary/aromatic N) is 2. The first-order valence-corrected chi connectivity index (χ1v) is 7.93. The highest BCUT2D eigenvalue weighted by Gasteiger charge is 2.20. The van der Waals surface area contributed by atoms with Gasteiger partial charge in [-0.05, 0) is 24.1 Å². The highest BCUT2D eigenvalue weighted by molar-refractivity contribution is 7.99. The van der Waals surface area contributed by atoms with Gasteiger partial charge in [0.15, 0.2) is 6.80 Å². The summed E-state index contributed by atoms with van der Waals surface area (Å²) in [7, 11) is 0. The minimum Gasteiger partial charge on any atom is -0.388 e. The first-order valence-electron chi connectivity index (χ1n) is 6.36. The lowest BCUT2D eigenvalue weighted by molar-refractivity contribution is 0.249. The summed E-state index contributed by atoms with van der Waals surface area (Å²) in [5, 5.41) is 11.0. The van der Waals surface area contributed by atoms with Crippen LogP contribution in [0.2, 0.25) is 10.0 Å². The van der Waals surface area contributed by atoms with E-state index in [9.17, 15) is 9.50 Å². The van der Waals surface area contributed by atoms with Crippen LogP contribution in [0.3, 0.4) is 0 Å². The van der Waals surface area contributed by atoms with Crippen LogP contribution in [0.15, 0.2) is 28.1 Å². The number of aromatic nitrogens is 2. The van der Waals surface area contributed by atoms with Crippen molar-refractivity contribution in [2.75, 3.05) is 0 Å². The van der Waals surface area contributed by atoms with E-state index in [-0.39, 0.29) is 12.5 Å². The molecule has 114 valence electrons. The van der Waals surface area contributed by atoms with Crippen molar-refractivity contribution < 1.29 is 9.50 Å². The minimum atomic E-state index is -0.744. The third kappa shape index (κ3) is 3.72. The Morgan fingerprint density at radius 2 is 1.90 bits per heavy atom. The molecule has 21 heavy (non-hydrogen) atoms. The number of alkyl halides is 1. The molecule has 2 rings (SSSR count). The molecule has 2 aromatic rings. The van der Waals surface area contributed by atoms with Crippen LogP contribution in [0.1, 0.15) is 31.3 Å². The van der Waals surface area contributed by atoms with Crippen molar-refractivity contribution in [3.8, 4) is 0 Å². The number of hydrogen-bond donors (Lipinski definition) is 1. The Balaban J connectivity index is 2.48. The zero-order valence-corrected chi connectivity index (χ0v) is 13.9. The molecule has 0 saturated carbocycles. The van der Waals surface area contributed by atoms with Crippen LogP contribution < -0.4 is 0 Å². The second kappa shape index (κ2) is 7.01. The summed E-state index contributed by atoms with van der Waals surface area (Å²) < 4.78 is 14.7. The summed E-state index contributed by atoms with van der Waals surface area (Å²) in [6, 6.07) is 5.16. The van der Waals surface area contributed by atoms with Crippen molar-refractivity contribution in [2.45, 2.75) is 43.1 Å². The second-order valence-electron chi connectivity index (χ2n) is 4.79. The summed E-state index contributed by atoms with van der Waals surface area (Å²) in [5.41, 5.74) is 0.748. The maximum atomic E-state index is 13.3. The van der Waals surface area contributed by atoms with E-state index in [1.807, 2.05) is 13.8 Å². The Morgan fingerprint density at radius 3 is 2.38 bits per heavy atom. The molecule has 3 nitrogen and oxygen atoms in total. The van der Waals surface area contributed by atoms with Gasteiger partial charge in [-0.15, -0.1) is 0 Å². The van der Waals surface area contributed by atoms with E-state index >= 15 is 0 Å². The highest BCUT2D eigenvalue weighted by Crippen LogP contribution is 2.37. The summed E-state index contributed by atoms with van der Waals surface area (Å²) >= 11 is 13.3. The van der Waals surface area contributed by atoms with E-state index in [4.69, 9.17) is 23.2 Å². The zero-order chi connectivity index (χ0) is 15.6. The van der Waals surface area contributed by atoms with Crippen molar-refractivity contribution in [3.63, 3.8) is 0 Å². The highest BCUT2D eigenvalue weighted by atomic mass is 35.5. The molecule has 0 aliphatic heterocycles. The molecular formula is C14H15Cl2FN2OS. The molecule has 0 aliphatic carbocycles. The summed E-state index contributed by atoms with van der Waals surface area (Å²) in [6.45, 7) is 2.90. The molecular weight excluding hydrogens is 334 g/mol. The molecule has 0 unspecified atom stereocenters. The molecule has 7 heteroatoms. The Kier molecular flexibility index (Phi) is 5.54. The molecule has 0 bridgehead atoms. The average Bonchev–Trinajstić information content (AvgIpc) is 2.75. The van der Waals surface area contributed by atoms with Gasteiger partial charge in [0.05, 0.1) is 5.69 Å². The molecule has 0 atom stereocenters. The third-order valence-corrected chi connectivity index (χ3v) is 4.41. The van der Waals surface area contributed by atoms with Crippen LogP contribution in [0, 0.1) is 0 Å². The number of aliphatic hydroxyl groups excluding tert-OH is 1. The molecule has 0 fully saturated rings. The van der Waals surface area contributed by atoms with E-state index in [0.29, 0.717) is 20.9 Å². The van der Waals surface area contributed by atoms with E-state index < -0.39 is 6.80 Å².